The summed E-state index contributed by atoms with van der Waals surface area (Å²) >= 11 is 3.41. The van der Waals surface area contributed by atoms with E-state index in [2.05, 4.69) is 21.2 Å². The molecule has 0 radical (unpaired) electrons. The zero-order valence-corrected chi connectivity index (χ0v) is 11.3. The summed E-state index contributed by atoms with van der Waals surface area (Å²) in [6.07, 6.45) is 0.432. The summed E-state index contributed by atoms with van der Waals surface area (Å²) in [7, 11) is 0. The van der Waals surface area contributed by atoms with Gasteiger partial charge in [-0.25, -0.2) is 4.79 Å². The van der Waals surface area contributed by atoms with Gasteiger partial charge in [0.25, 0.3) is 0 Å². The third-order valence-corrected chi connectivity index (χ3v) is 2.62. The van der Waals surface area contributed by atoms with E-state index in [1.54, 1.807) is 0 Å². The number of nitrogens with one attached hydrogen (secondary N) is 1. The quantitative estimate of drug-likeness (QED) is 0.911. The van der Waals surface area contributed by atoms with Gasteiger partial charge in [-0.3, -0.25) is 5.32 Å². The summed E-state index contributed by atoms with van der Waals surface area (Å²) in [4.78, 5) is 11.4. The third-order valence-electron chi connectivity index (χ3n) is 2.16. The van der Waals surface area contributed by atoms with Gasteiger partial charge in [-0.15, -0.1) is 0 Å². The minimum atomic E-state index is -0.393. The lowest BCUT2D eigenvalue weighted by atomic mass is 10.1. The summed E-state index contributed by atoms with van der Waals surface area (Å²) in [5.41, 5.74) is 2.85. The van der Waals surface area contributed by atoms with Crippen molar-refractivity contribution in [3.8, 4) is 0 Å². The fourth-order valence-electron chi connectivity index (χ4n) is 1.44. The Morgan fingerprint density at radius 1 is 1.38 bits per heavy atom. The highest BCUT2D eigenvalue weighted by molar-refractivity contribution is 9.10. The molecule has 0 aromatic heterocycles. The van der Waals surface area contributed by atoms with Crippen molar-refractivity contribution in [1.29, 1.82) is 0 Å². The normalized spacial score (nSPS) is 10.0. The number of rotatable bonds is 3. The minimum Gasteiger partial charge on any atom is -0.449 e. The predicted molar refractivity (Wildman–Crippen MR) is 68.9 cm³/mol. The fourth-order valence-corrected chi connectivity index (χ4v) is 2.13. The molecule has 88 valence electrons. The van der Waals surface area contributed by atoms with Crippen LogP contribution in [-0.4, -0.2) is 12.7 Å². The molecule has 0 heterocycles. The van der Waals surface area contributed by atoms with Gasteiger partial charge in [0.1, 0.15) is 0 Å². The molecule has 0 saturated carbocycles. The molecule has 0 atom stereocenters. The maximum absolute atomic E-state index is 11.4. The maximum Gasteiger partial charge on any atom is 0.411 e. The van der Waals surface area contributed by atoms with E-state index >= 15 is 0 Å². The molecule has 0 aliphatic carbocycles. The van der Waals surface area contributed by atoms with Crippen LogP contribution in [0.15, 0.2) is 16.6 Å². The van der Waals surface area contributed by atoms with Crippen molar-refractivity contribution in [1.82, 2.24) is 0 Å². The third kappa shape index (κ3) is 3.52. The van der Waals surface area contributed by atoms with Gasteiger partial charge in [-0.2, -0.15) is 0 Å². The van der Waals surface area contributed by atoms with Gasteiger partial charge in [0.2, 0.25) is 0 Å². The van der Waals surface area contributed by atoms with Crippen molar-refractivity contribution in [2.75, 3.05) is 11.9 Å². The van der Waals surface area contributed by atoms with Crippen LogP contribution in [-0.2, 0) is 4.74 Å². The van der Waals surface area contributed by atoms with E-state index in [0.29, 0.717) is 6.61 Å². The first-order valence-corrected chi connectivity index (χ1v) is 6.04. The molecule has 0 unspecified atom stereocenters. The number of aryl methyl sites for hydroxylation is 2. The zero-order valence-electron chi connectivity index (χ0n) is 9.76. The number of anilines is 1. The van der Waals surface area contributed by atoms with Crippen LogP contribution in [0.2, 0.25) is 0 Å². The molecule has 1 N–H and O–H groups in total. The van der Waals surface area contributed by atoms with Crippen molar-refractivity contribution < 1.29 is 9.53 Å². The molecule has 0 spiro atoms. The molecule has 0 fully saturated rings. The number of hydrogen-bond acceptors (Lipinski definition) is 2. The van der Waals surface area contributed by atoms with Crippen LogP contribution in [0.4, 0.5) is 10.5 Å². The predicted octanol–water partition coefficient (Wildman–Crippen LogP) is 4.02. The Hall–Kier alpha value is -1.03. The van der Waals surface area contributed by atoms with Crippen LogP contribution >= 0.6 is 15.9 Å². The number of ether oxygens (including phenoxy) is 1. The first kappa shape index (κ1) is 13.0. The van der Waals surface area contributed by atoms with E-state index in [1.165, 1.54) is 0 Å². The summed E-state index contributed by atoms with van der Waals surface area (Å²) in [5.74, 6) is 0. The van der Waals surface area contributed by atoms with Gasteiger partial charge in [-0.1, -0.05) is 22.9 Å². The Bertz CT molecular complexity index is 368. The summed E-state index contributed by atoms with van der Waals surface area (Å²) in [6.45, 7) is 6.31. The van der Waals surface area contributed by atoms with E-state index < -0.39 is 6.09 Å². The number of hydrogen-bond donors (Lipinski definition) is 1. The standard InChI is InChI=1S/C12H16BrNO2/c1-4-5-16-12(15)14-11-8(2)6-10(13)7-9(11)3/h6-7H,4-5H2,1-3H3,(H,14,15). The second-order valence-electron chi connectivity index (χ2n) is 3.68. The Kier molecular flexibility index (Phi) is 4.80. The Morgan fingerprint density at radius 2 is 1.94 bits per heavy atom. The lowest BCUT2D eigenvalue weighted by molar-refractivity contribution is 0.161. The molecule has 0 aliphatic rings. The van der Waals surface area contributed by atoms with Crippen LogP contribution in [0.5, 0.6) is 0 Å². The van der Waals surface area contributed by atoms with Gasteiger partial charge in [0.05, 0.1) is 6.61 Å². The first-order chi connectivity index (χ1) is 7.54. The highest BCUT2D eigenvalue weighted by atomic mass is 79.9. The molecule has 16 heavy (non-hydrogen) atoms. The Morgan fingerprint density at radius 3 is 2.44 bits per heavy atom. The number of carbonyl (C=O) groups is 1. The number of carbonyl (C=O) groups excluding carboxylic acids is 1. The second kappa shape index (κ2) is 5.89. The second-order valence-corrected chi connectivity index (χ2v) is 4.59. The number of amides is 1. The lowest BCUT2D eigenvalue weighted by Crippen LogP contribution is -2.15. The highest BCUT2D eigenvalue weighted by Gasteiger charge is 2.08. The average molecular weight is 286 g/mol. The Labute approximate surface area is 104 Å². The van der Waals surface area contributed by atoms with E-state index in [9.17, 15) is 4.79 Å². The topological polar surface area (TPSA) is 38.3 Å². The van der Waals surface area contributed by atoms with Gasteiger partial charge in [0.15, 0.2) is 0 Å². The van der Waals surface area contributed by atoms with E-state index in [-0.39, 0.29) is 0 Å². The molecule has 0 bridgehead atoms. The van der Waals surface area contributed by atoms with E-state index in [4.69, 9.17) is 4.74 Å². The summed E-state index contributed by atoms with van der Waals surface area (Å²) in [5, 5.41) is 2.76. The van der Waals surface area contributed by atoms with Crippen molar-refractivity contribution in [2.45, 2.75) is 27.2 Å². The van der Waals surface area contributed by atoms with Crippen molar-refractivity contribution >= 4 is 27.7 Å². The van der Waals surface area contributed by atoms with Gasteiger partial charge < -0.3 is 4.74 Å². The van der Waals surface area contributed by atoms with E-state index in [0.717, 1.165) is 27.7 Å². The molecule has 0 aliphatic heterocycles. The zero-order chi connectivity index (χ0) is 12.1. The maximum atomic E-state index is 11.4. The average Bonchev–Trinajstić information content (AvgIpc) is 2.20. The number of halogens is 1. The molecule has 1 aromatic rings. The summed E-state index contributed by atoms with van der Waals surface area (Å²) < 4.78 is 5.98. The van der Waals surface area contributed by atoms with Crippen LogP contribution in [0.25, 0.3) is 0 Å². The monoisotopic (exact) mass is 285 g/mol. The van der Waals surface area contributed by atoms with Gasteiger partial charge in [-0.05, 0) is 43.5 Å². The molecule has 3 nitrogen and oxygen atoms in total. The van der Waals surface area contributed by atoms with Crippen LogP contribution in [0, 0.1) is 13.8 Å². The van der Waals surface area contributed by atoms with Gasteiger partial charge in [0, 0.05) is 10.2 Å². The molecular weight excluding hydrogens is 270 g/mol. The molecular formula is C12H16BrNO2. The van der Waals surface area contributed by atoms with Crippen LogP contribution < -0.4 is 5.32 Å². The van der Waals surface area contributed by atoms with Crippen LogP contribution in [0.1, 0.15) is 24.5 Å². The van der Waals surface area contributed by atoms with E-state index in [1.807, 2.05) is 32.9 Å². The summed E-state index contributed by atoms with van der Waals surface area (Å²) in [6, 6.07) is 3.92. The molecule has 1 amide bonds. The first-order valence-electron chi connectivity index (χ1n) is 5.25. The minimum absolute atomic E-state index is 0.393. The number of benzene rings is 1. The van der Waals surface area contributed by atoms with Crippen molar-refractivity contribution in [3.63, 3.8) is 0 Å². The fraction of sp³-hybridized carbons (Fsp3) is 0.417. The van der Waals surface area contributed by atoms with Crippen molar-refractivity contribution in [3.05, 3.63) is 27.7 Å². The Balaban J connectivity index is 2.77. The molecule has 1 rings (SSSR count). The SMILES string of the molecule is CCCOC(=O)Nc1c(C)cc(Br)cc1C. The van der Waals surface area contributed by atoms with Crippen molar-refractivity contribution in [2.24, 2.45) is 0 Å². The lowest BCUT2D eigenvalue weighted by Gasteiger charge is -2.12. The molecule has 1 aromatic carbocycles. The smallest absolute Gasteiger partial charge is 0.411 e. The highest BCUT2D eigenvalue weighted by Crippen LogP contribution is 2.25. The van der Waals surface area contributed by atoms with Gasteiger partial charge >= 0.3 is 6.09 Å². The molecule has 0 saturated heterocycles. The van der Waals surface area contributed by atoms with Crippen LogP contribution in [0.3, 0.4) is 0 Å². The molecule has 4 heteroatoms. The largest absolute Gasteiger partial charge is 0.449 e.